The summed E-state index contributed by atoms with van der Waals surface area (Å²) in [6.45, 7) is 6.40. The average molecular weight is 548 g/mol. The van der Waals surface area contributed by atoms with Gasteiger partial charge in [0.1, 0.15) is 0 Å². The number of guanidine groups is 1. The molecule has 1 fully saturated rings. The number of nitrogens with one attached hydrogen (secondary N) is 3. The van der Waals surface area contributed by atoms with E-state index >= 15 is 0 Å². The largest absolute Gasteiger partial charge is 0.363 e. The molecule has 3 rings (SSSR count). The van der Waals surface area contributed by atoms with Crippen LogP contribution in [0.25, 0.3) is 0 Å². The molecule has 9 heteroatoms. The van der Waals surface area contributed by atoms with Crippen molar-refractivity contribution < 1.29 is 4.79 Å². The number of piperidine rings is 1. The van der Waals surface area contributed by atoms with E-state index in [9.17, 15) is 4.79 Å². The van der Waals surface area contributed by atoms with Crippen LogP contribution >= 0.6 is 46.7 Å². The topological polar surface area (TPSA) is 68.8 Å². The first-order valence-corrected chi connectivity index (χ1v) is 11.7. The Hall–Kier alpha value is -1.33. The number of hydrogen-bond donors (Lipinski definition) is 3. The van der Waals surface area contributed by atoms with Crippen molar-refractivity contribution in [3.05, 3.63) is 39.9 Å². The maximum Gasteiger partial charge on any atom is 0.261 e. The third-order valence-electron chi connectivity index (χ3n) is 4.63. The smallest absolute Gasteiger partial charge is 0.261 e. The lowest BCUT2D eigenvalue weighted by Gasteiger charge is -2.33. The van der Waals surface area contributed by atoms with Crippen LogP contribution in [0.3, 0.4) is 0 Å². The number of aliphatic imine (C=N–C) groups is 1. The molecule has 0 spiro atoms. The number of carbonyl (C=O) groups excluding carboxylic acids is 1. The van der Waals surface area contributed by atoms with Gasteiger partial charge in [-0.05, 0) is 55.1 Å². The summed E-state index contributed by atoms with van der Waals surface area (Å²) in [5, 5.41) is 15.3. The quantitative estimate of drug-likeness (QED) is 0.204. The summed E-state index contributed by atoms with van der Waals surface area (Å²) in [4.78, 5) is 19.8. The molecule has 160 valence electrons. The van der Waals surface area contributed by atoms with E-state index in [1.54, 1.807) is 0 Å². The van der Waals surface area contributed by atoms with Gasteiger partial charge in [-0.25, -0.2) is 0 Å². The highest BCUT2D eigenvalue weighted by Gasteiger charge is 2.20. The van der Waals surface area contributed by atoms with Gasteiger partial charge in [0.2, 0.25) is 0 Å². The van der Waals surface area contributed by atoms with E-state index in [4.69, 9.17) is 0 Å². The molecule has 1 aliphatic heterocycles. The molecule has 0 aromatic carbocycles. The number of hydrogen-bond acceptors (Lipinski definition) is 5. The Morgan fingerprint density at radius 2 is 1.93 bits per heavy atom. The third-order valence-corrected chi connectivity index (χ3v) is 6.43. The summed E-state index contributed by atoms with van der Waals surface area (Å²) in [6.07, 6.45) is 3.04. The molecule has 0 saturated carbocycles. The Labute approximate surface area is 198 Å². The van der Waals surface area contributed by atoms with Crippen molar-refractivity contribution in [2.45, 2.75) is 32.2 Å². The Morgan fingerprint density at radius 3 is 2.59 bits per heavy atom. The van der Waals surface area contributed by atoms with Crippen molar-refractivity contribution in [1.29, 1.82) is 0 Å². The summed E-state index contributed by atoms with van der Waals surface area (Å²) >= 11 is 3.27. The zero-order valence-corrected chi connectivity index (χ0v) is 20.7. The number of carbonyl (C=O) groups is 1. The number of anilines is 1. The summed E-state index contributed by atoms with van der Waals surface area (Å²) in [7, 11) is 0. The summed E-state index contributed by atoms with van der Waals surface area (Å²) in [5.74, 6) is 0.878. The predicted molar refractivity (Wildman–Crippen MR) is 135 cm³/mol. The fourth-order valence-corrected chi connectivity index (χ4v) is 4.60. The Morgan fingerprint density at radius 1 is 1.17 bits per heavy atom. The van der Waals surface area contributed by atoms with Crippen LogP contribution in [-0.4, -0.2) is 50.6 Å². The lowest BCUT2D eigenvalue weighted by molar-refractivity contribution is 0.0957. The minimum absolute atomic E-state index is 0. The fourth-order valence-electron chi connectivity index (χ4n) is 3.17. The highest BCUT2D eigenvalue weighted by molar-refractivity contribution is 14.0. The van der Waals surface area contributed by atoms with Crippen LogP contribution < -0.4 is 20.9 Å². The zero-order chi connectivity index (χ0) is 19.6. The highest BCUT2D eigenvalue weighted by atomic mass is 127. The van der Waals surface area contributed by atoms with Gasteiger partial charge in [-0.1, -0.05) is 6.07 Å². The fraction of sp³-hybridized carbons (Fsp3) is 0.500. The Bertz CT molecular complexity index is 728. The maximum absolute atomic E-state index is 11.9. The number of nitrogens with zero attached hydrogens (tertiary/aromatic N) is 2. The molecular weight excluding hydrogens is 517 g/mol. The molecule has 2 aromatic rings. The third kappa shape index (κ3) is 7.78. The number of amides is 1. The second-order valence-corrected chi connectivity index (χ2v) is 8.58. The van der Waals surface area contributed by atoms with Crippen molar-refractivity contribution in [2.24, 2.45) is 4.99 Å². The zero-order valence-electron chi connectivity index (χ0n) is 16.7. The lowest BCUT2D eigenvalue weighted by Crippen LogP contribution is -2.48. The highest BCUT2D eigenvalue weighted by Crippen LogP contribution is 2.24. The van der Waals surface area contributed by atoms with Crippen molar-refractivity contribution in [2.75, 3.05) is 37.6 Å². The molecule has 0 radical (unpaired) electrons. The van der Waals surface area contributed by atoms with E-state index in [0.717, 1.165) is 49.7 Å². The SMILES string of the molecule is CCNC(=NCCCNC(=O)c1cccs1)NC1CCN(c2cccs2)CC1.I. The summed E-state index contributed by atoms with van der Waals surface area (Å²) in [6, 6.07) is 8.50. The first-order valence-electron chi connectivity index (χ1n) is 9.91. The number of thiophene rings is 2. The molecule has 6 nitrogen and oxygen atoms in total. The van der Waals surface area contributed by atoms with Gasteiger partial charge >= 0.3 is 0 Å². The second-order valence-electron chi connectivity index (χ2n) is 6.70. The first kappa shape index (κ1) is 23.9. The molecule has 0 aliphatic carbocycles. The van der Waals surface area contributed by atoms with Crippen molar-refractivity contribution in [1.82, 2.24) is 16.0 Å². The molecule has 0 bridgehead atoms. The van der Waals surface area contributed by atoms with Crippen LogP contribution in [0.1, 0.15) is 35.9 Å². The minimum Gasteiger partial charge on any atom is -0.363 e. The average Bonchev–Trinajstić information content (AvgIpc) is 3.42. The van der Waals surface area contributed by atoms with E-state index in [0.29, 0.717) is 19.1 Å². The molecular formula is C20H30IN5OS2. The van der Waals surface area contributed by atoms with Gasteiger partial charge in [0.25, 0.3) is 5.91 Å². The molecule has 1 aliphatic rings. The van der Waals surface area contributed by atoms with Gasteiger partial charge in [-0.15, -0.1) is 46.7 Å². The van der Waals surface area contributed by atoms with Crippen LogP contribution in [-0.2, 0) is 0 Å². The molecule has 3 N–H and O–H groups in total. The van der Waals surface area contributed by atoms with Gasteiger partial charge in [0.05, 0.1) is 9.88 Å². The molecule has 29 heavy (non-hydrogen) atoms. The van der Waals surface area contributed by atoms with E-state index in [1.165, 1.54) is 16.3 Å². The van der Waals surface area contributed by atoms with E-state index < -0.39 is 0 Å². The normalized spacial score (nSPS) is 14.9. The predicted octanol–water partition coefficient (Wildman–Crippen LogP) is 3.77. The molecule has 0 unspecified atom stereocenters. The van der Waals surface area contributed by atoms with Crippen molar-refractivity contribution >= 4 is 63.5 Å². The van der Waals surface area contributed by atoms with Crippen LogP contribution in [0.5, 0.6) is 0 Å². The second kappa shape index (κ2) is 13.1. The first-order chi connectivity index (χ1) is 13.8. The molecule has 2 aromatic heterocycles. The van der Waals surface area contributed by atoms with Crippen LogP contribution in [0, 0.1) is 0 Å². The van der Waals surface area contributed by atoms with E-state index in [1.807, 2.05) is 28.8 Å². The Balaban J connectivity index is 0.00000300. The molecule has 0 atom stereocenters. The Kier molecular flexibility index (Phi) is 10.8. The van der Waals surface area contributed by atoms with Crippen LogP contribution in [0.4, 0.5) is 5.00 Å². The number of halogens is 1. The standard InChI is InChI=1S/C20H29N5OS2.HI/c1-2-21-20(23-11-5-10-22-19(26)17-6-3-14-27-17)24-16-8-12-25(13-9-16)18-7-4-15-28-18;/h3-4,6-7,14-16H,2,5,8-13H2,1H3,(H,22,26)(H2,21,23,24);1H. The van der Waals surface area contributed by atoms with Gasteiger partial charge in [0, 0.05) is 38.8 Å². The minimum atomic E-state index is 0. The van der Waals surface area contributed by atoms with Gasteiger partial charge < -0.3 is 20.9 Å². The summed E-state index contributed by atoms with van der Waals surface area (Å²) < 4.78 is 0. The van der Waals surface area contributed by atoms with Gasteiger partial charge in [-0.3, -0.25) is 9.79 Å². The van der Waals surface area contributed by atoms with Gasteiger partial charge in [-0.2, -0.15) is 0 Å². The van der Waals surface area contributed by atoms with Crippen LogP contribution in [0.15, 0.2) is 40.0 Å². The lowest BCUT2D eigenvalue weighted by atomic mass is 10.1. The van der Waals surface area contributed by atoms with E-state index in [-0.39, 0.29) is 29.9 Å². The van der Waals surface area contributed by atoms with Crippen molar-refractivity contribution in [3.8, 4) is 0 Å². The molecule has 3 heterocycles. The molecule has 1 saturated heterocycles. The van der Waals surface area contributed by atoms with Crippen LogP contribution in [0.2, 0.25) is 0 Å². The number of rotatable bonds is 8. The summed E-state index contributed by atoms with van der Waals surface area (Å²) in [5.41, 5.74) is 0. The van der Waals surface area contributed by atoms with Gasteiger partial charge in [0.15, 0.2) is 5.96 Å². The monoisotopic (exact) mass is 547 g/mol. The van der Waals surface area contributed by atoms with Crippen molar-refractivity contribution in [3.63, 3.8) is 0 Å². The maximum atomic E-state index is 11.9. The van der Waals surface area contributed by atoms with E-state index in [2.05, 4.69) is 50.3 Å². The molecule has 1 amide bonds.